The Kier molecular flexibility index (Phi) is 3.93. The monoisotopic (exact) mass is 272 g/mol. The molecule has 0 aliphatic heterocycles. The minimum atomic E-state index is -1.12. The number of benzene rings is 1. The van der Waals surface area contributed by atoms with Gasteiger partial charge in [0.1, 0.15) is 6.04 Å². The van der Waals surface area contributed by atoms with Gasteiger partial charge in [-0.3, -0.25) is 14.9 Å². The SMILES string of the molecule is Cl.NC(C(=O)O)C1(c2ccccc2[N+](=O)[O-])CC1. The summed E-state index contributed by atoms with van der Waals surface area (Å²) >= 11 is 0. The van der Waals surface area contributed by atoms with Crippen LogP contribution in [-0.2, 0) is 10.2 Å². The van der Waals surface area contributed by atoms with Crippen LogP contribution in [0.4, 0.5) is 5.69 Å². The fraction of sp³-hybridized carbons (Fsp3) is 0.364. The highest BCUT2D eigenvalue weighted by atomic mass is 35.5. The van der Waals surface area contributed by atoms with Crippen LogP contribution >= 0.6 is 12.4 Å². The zero-order valence-corrected chi connectivity index (χ0v) is 10.2. The van der Waals surface area contributed by atoms with Crippen molar-refractivity contribution < 1.29 is 14.8 Å². The van der Waals surface area contributed by atoms with E-state index in [0.717, 1.165) is 0 Å². The minimum Gasteiger partial charge on any atom is -0.480 e. The molecule has 1 aliphatic rings. The number of rotatable bonds is 4. The second-order valence-corrected chi connectivity index (χ2v) is 4.25. The van der Waals surface area contributed by atoms with Crippen molar-refractivity contribution in [1.82, 2.24) is 0 Å². The molecule has 0 saturated heterocycles. The number of nitrogens with zero attached hydrogens (tertiary/aromatic N) is 1. The molecule has 7 heteroatoms. The van der Waals surface area contributed by atoms with Crippen LogP contribution in [0, 0.1) is 10.1 Å². The molecule has 0 spiro atoms. The predicted octanol–water partition coefficient (Wildman–Crippen LogP) is 1.46. The molecule has 6 nitrogen and oxygen atoms in total. The van der Waals surface area contributed by atoms with Crippen LogP contribution in [0.1, 0.15) is 18.4 Å². The summed E-state index contributed by atoms with van der Waals surface area (Å²) in [7, 11) is 0. The standard InChI is InChI=1S/C11H12N2O4.ClH/c12-9(10(14)15)11(5-6-11)7-3-1-2-4-8(7)13(16)17;/h1-4,9H,5-6,12H2,(H,14,15);1H. The molecule has 1 aromatic rings. The van der Waals surface area contributed by atoms with E-state index in [9.17, 15) is 14.9 Å². The summed E-state index contributed by atoms with van der Waals surface area (Å²) in [5.74, 6) is -1.12. The van der Waals surface area contributed by atoms with E-state index in [1.54, 1.807) is 18.2 Å². The molecule has 1 aromatic carbocycles. The van der Waals surface area contributed by atoms with Crippen molar-refractivity contribution in [2.75, 3.05) is 0 Å². The van der Waals surface area contributed by atoms with Crippen molar-refractivity contribution in [2.45, 2.75) is 24.3 Å². The Labute approximate surface area is 109 Å². The maximum Gasteiger partial charge on any atom is 0.321 e. The van der Waals surface area contributed by atoms with E-state index in [0.29, 0.717) is 18.4 Å². The van der Waals surface area contributed by atoms with E-state index in [-0.39, 0.29) is 18.1 Å². The first-order chi connectivity index (χ1) is 7.99. The highest BCUT2D eigenvalue weighted by molar-refractivity contribution is 5.85. The summed E-state index contributed by atoms with van der Waals surface area (Å²) in [5.41, 5.74) is 5.24. The Bertz CT molecular complexity index is 488. The van der Waals surface area contributed by atoms with E-state index < -0.39 is 22.3 Å². The van der Waals surface area contributed by atoms with Gasteiger partial charge in [0.05, 0.1) is 4.92 Å². The second kappa shape index (κ2) is 4.91. The number of para-hydroxylation sites is 1. The largest absolute Gasteiger partial charge is 0.480 e. The maximum absolute atomic E-state index is 10.9. The third-order valence-corrected chi connectivity index (χ3v) is 3.29. The molecule has 0 aromatic heterocycles. The zero-order chi connectivity index (χ0) is 12.6. The van der Waals surface area contributed by atoms with Crippen LogP contribution in [-0.4, -0.2) is 22.0 Å². The molecule has 98 valence electrons. The van der Waals surface area contributed by atoms with Crippen molar-refractivity contribution in [1.29, 1.82) is 0 Å². The molecular weight excluding hydrogens is 260 g/mol. The van der Waals surface area contributed by atoms with Crippen molar-refractivity contribution in [3.63, 3.8) is 0 Å². The van der Waals surface area contributed by atoms with Crippen LogP contribution in [0.2, 0.25) is 0 Å². The summed E-state index contributed by atoms with van der Waals surface area (Å²) in [5, 5.41) is 19.9. The van der Waals surface area contributed by atoms with Crippen molar-refractivity contribution in [3.05, 3.63) is 39.9 Å². The van der Waals surface area contributed by atoms with E-state index in [1.807, 2.05) is 0 Å². The van der Waals surface area contributed by atoms with E-state index in [2.05, 4.69) is 0 Å². The number of hydrogen-bond acceptors (Lipinski definition) is 4. The van der Waals surface area contributed by atoms with Crippen LogP contribution in [0.15, 0.2) is 24.3 Å². The van der Waals surface area contributed by atoms with E-state index >= 15 is 0 Å². The lowest BCUT2D eigenvalue weighted by atomic mass is 9.87. The first-order valence-electron chi connectivity index (χ1n) is 5.21. The Morgan fingerprint density at radius 3 is 2.44 bits per heavy atom. The topological polar surface area (TPSA) is 106 Å². The first-order valence-corrected chi connectivity index (χ1v) is 5.21. The van der Waals surface area contributed by atoms with Gasteiger partial charge < -0.3 is 10.8 Å². The van der Waals surface area contributed by atoms with Crippen molar-refractivity contribution in [3.8, 4) is 0 Å². The summed E-state index contributed by atoms with van der Waals surface area (Å²) in [6, 6.07) is 5.10. The number of nitro benzene ring substituents is 1. The molecule has 2 rings (SSSR count). The Hall–Kier alpha value is -1.66. The molecule has 0 radical (unpaired) electrons. The first kappa shape index (κ1) is 14.4. The van der Waals surface area contributed by atoms with Crippen molar-refractivity contribution >= 4 is 24.1 Å². The fourth-order valence-electron chi connectivity index (χ4n) is 2.17. The number of carboxylic acid groups (broad SMARTS) is 1. The Balaban J connectivity index is 0.00000162. The van der Waals surface area contributed by atoms with Crippen LogP contribution in [0.5, 0.6) is 0 Å². The average molecular weight is 273 g/mol. The van der Waals surface area contributed by atoms with Gasteiger partial charge in [-0.05, 0) is 12.8 Å². The molecule has 0 heterocycles. The number of nitrogens with two attached hydrogens (primary N) is 1. The molecule has 1 saturated carbocycles. The Morgan fingerprint density at radius 1 is 1.44 bits per heavy atom. The molecule has 1 atom stereocenters. The smallest absolute Gasteiger partial charge is 0.321 e. The second-order valence-electron chi connectivity index (χ2n) is 4.25. The van der Waals surface area contributed by atoms with Gasteiger partial charge in [-0.1, -0.05) is 18.2 Å². The normalized spacial score (nSPS) is 17.4. The van der Waals surface area contributed by atoms with Gasteiger partial charge in [-0.15, -0.1) is 12.4 Å². The van der Waals surface area contributed by atoms with E-state index in [1.165, 1.54) is 6.07 Å². The molecule has 1 unspecified atom stereocenters. The average Bonchev–Trinajstić information content (AvgIpc) is 3.09. The van der Waals surface area contributed by atoms with Crippen LogP contribution in [0.3, 0.4) is 0 Å². The van der Waals surface area contributed by atoms with Gasteiger partial charge in [-0.25, -0.2) is 0 Å². The molecule has 1 fully saturated rings. The lowest BCUT2D eigenvalue weighted by Gasteiger charge is -2.19. The molecule has 1 aliphatic carbocycles. The maximum atomic E-state index is 10.9. The highest BCUT2D eigenvalue weighted by Crippen LogP contribution is 2.53. The van der Waals surface area contributed by atoms with Gasteiger partial charge in [0.25, 0.3) is 5.69 Å². The molecule has 3 N–H and O–H groups in total. The van der Waals surface area contributed by atoms with Gasteiger partial charge >= 0.3 is 5.97 Å². The van der Waals surface area contributed by atoms with Gasteiger partial charge in [0, 0.05) is 17.0 Å². The number of aliphatic carboxylic acids is 1. The van der Waals surface area contributed by atoms with Crippen LogP contribution in [0.25, 0.3) is 0 Å². The summed E-state index contributed by atoms with van der Waals surface area (Å²) in [4.78, 5) is 21.4. The fourth-order valence-corrected chi connectivity index (χ4v) is 2.17. The third-order valence-electron chi connectivity index (χ3n) is 3.29. The number of carbonyl (C=O) groups is 1. The molecular formula is C11H13ClN2O4. The Morgan fingerprint density at radius 2 is 2.00 bits per heavy atom. The lowest BCUT2D eigenvalue weighted by Crippen LogP contribution is -2.42. The van der Waals surface area contributed by atoms with E-state index in [4.69, 9.17) is 10.8 Å². The van der Waals surface area contributed by atoms with Crippen molar-refractivity contribution in [2.24, 2.45) is 5.73 Å². The third kappa shape index (κ3) is 2.16. The summed E-state index contributed by atoms with van der Waals surface area (Å²) in [6.07, 6.45) is 1.15. The zero-order valence-electron chi connectivity index (χ0n) is 9.41. The molecule has 0 amide bonds. The number of halogens is 1. The highest BCUT2D eigenvalue weighted by Gasteiger charge is 2.55. The number of carboxylic acids is 1. The van der Waals surface area contributed by atoms with Gasteiger partial charge in [0.2, 0.25) is 0 Å². The van der Waals surface area contributed by atoms with Gasteiger partial charge in [-0.2, -0.15) is 0 Å². The number of nitro groups is 1. The predicted molar refractivity (Wildman–Crippen MR) is 66.9 cm³/mol. The number of hydrogen-bond donors (Lipinski definition) is 2. The minimum absolute atomic E-state index is 0. The molecule has 0 bridgehead atoms. The van der Waals surface area contributed by atoms with Crippen LogP contribution < -0.4 is 5.73 Å². The van der Waals surface area contributed by atoms with Gasteiger partial charge in [0.15, 0.2) is 0 Å². The summed E-state index contributed by atoms with van der Waals surface area (Å²) in [6.45, 7) is 0. The summed E-state index contributed by atoms with van der Waals surface area (Å²) < 4.78 is 0. The quantitative estimate of drug-likeness (QED) is 0.637. The molecule has 18 heavy (non-hydrogen) atoms. The lowest BCUT2D eigenvalue weighted by molar-refractivity contribution is -0.385.